The summed E-state index contributed by atoms with van der Waals surface area (Å²) in [6.07, 6.45) is 0.579. The number of carbonyl (C=O) groups excluding carboxylic acids is 1. The molecule has 3 rings (SSSR count). The molecule has 140 valence electrons. The van der Waals surface area contributed by atoms with Gasteiger partial charge in [0.2, 0.25) is 0 Å². The SMILES string of the molecule is Cc1cc(C(=O)NCc2ccc(CN3CC(C)OC(C)C3)cc2)c(C)s1. The van der Waals surface area contributed by atoms with Crippen LogP contribution in [0.1, 0.15) is 45.1 Å². The fourth-order valence-electron chi connectivity index (χ4n) is 3.57. The summed E-state index contributed by atoms with van der Waals surface area (Å²) < 4.78 is 5.79. The summed E-state index contributed by atoms with van der Waals surface area (Å²) in [4.78, 5) is 17.0. The lowest BCUT2D eigenvalue weighted by Gasteiger charge is -2.35. The lowest BCUT2D eigenvalue weighted by molar-refractivity contribution is -0.0704. The predicted octanol–water partition coefficient (Wildman–Crippen LogP) is 3.90. The van der Waals surface area contributed by atoms with E-state index < -0.39 is 0 Å². The first-order valence-corrected chi connectivity index (χ1v) is 10.0. The quantitative estimate of drug-likeness (QED) is 0.865. The molecule has 1 aromatic carbocycles. The molecule has 1 fully saturated rings. The zero-order valence-electron chi connectivity index (χ0n) is 16.0. The van der Waals surface area contributed by atoms with E-state index in [-0.39, 0.29) is 18.1 Å². The number of hydrogen-bond acceptors (Lipinski definition) is 4. The molecule has 4 nitrogen and oxygen atoms in total. The molecular weight excluding hydrogens is 344 g/mol. The van der Waals surface area contributed by atoms with Crippen LogP contribution in [0.3, 0.4) is 0 Å². The van der Waals surface area contributed by atoms with Crippen molar-refractivity contribution in [2.75, 3.05) is 13.1 Å². The number of morpholine rings is 1. The van der Waals surface area contributed by atoms with E-state index in [1.54, 1.807) is 11.3 Å². The fourth-order valence-corrected chi connectivity index (χ4v) is 4.49. The highest BCUT2D eigenvalue weighted by Gasteiger charge is 2.21. The highest BCUT2D eigenvalue weighted by molar-refractivity contribution is 7.12. The molecule has 0 bridgehead atoms. The van der Waals surface area contributed by atoms with Crippen LogP contribution >= 0.6 is 11.3 Å². The summed E-state index contributed by atoms with van der Waals surface area (Å²) >= 11 is 1.66. The third kappa shape index (κ3) is 4.93. The first-order valence-electron chi connectivity index (χ1n) is 9.21. The van der Waals surface area contributed by atoms with E-state index in [9.17, 15) is 4.79 Å². The molecule has 1 N–H and O–H groups in total. The lowest BCUT2D eigenvalue weighted by Crippen LogP contribution is -2.44. The van der Waals surface area contributed by atoms with Crippen LogP contribution in [0.5, 0.6) is 0 Å². The smallest absolute Gasteiger partial charge is 0.252 e. The van der Waals surface area contributed by atoms with Crippen LogP contribution in [0.2, 0.25) is 0 Å². The minimum atomic E-state index is 0.00668. The van der Waals surface area contributed by atoms with E-state index in [0.29, 0.717) is 6.54 Å². The highest BCUT2D eigenvalue weighted by Crippen LogP contribution is 2.20. The number of nitrogens with one attached hydrogen (secondary N) is 1. The third-order valence-corrected chi connectivity index (χ3v) is 5.63. The van der Waals surface area contributed by atoms with Crippen LogP contribution in [-0.4, -0.2) is 36.1 Å². The molecule has 0 saturated carbocycles. The molecule has 0 aliphatic carbocycles. The molecule has 0 spiro atoms. The molecule has 1 aliphatic rings. The standard InChI is InChI=1S/C21H28N2O2S/c1-14-11-23(12-15(2)25-14)13-19-7-5-18(6-8-19)10-22-21(24)20-9-16(3)26-17(20)4/h5-9,14-15H,10-13H2,1-4H3,(H,22,24). The molecule has 2 heterocycles. The van der Waals surface area contributed by atoms with E-state index in [1.165, 1.54) is 10.4 Å². The maximum absolute atomic E-state index is 12.3. The molecule has 0 radical (unpaired) electrons. The van der Waals surface area contributed by atoms with Gasteiger partial charge in [-0.3, -0.25) is 9.69 Å². The largest absolute Gasteiger partial charge is 0.373 e. The van der Waals surface area contributed by atoms with Gasteiger partial charge < -0.3 is 10.1 Å². The Morgan fingerprint density at radius 1 is 1.15 bits per heavy atom. The number of amides is 1. The number of thiophene rings is 1. The summed E-state index contributed by atoms with van der Waals surface area (Å²) in [7, 11) is 0. The van der Waals surface area contributed by atoms with Crippen LogP contribution in [0.15, 0.2) is 30.3 Å². The Hall–Kier alpha value is -1.69. The molecule has 26 heavy (non-hydrogen) atoms. The van der Waals surface area contributed by atoms with Crippen molar-refractivity contribution in [1.82, 2.24) is 10.2 Å². The molecular formula is C21H28N2O2S. The van der Waals surface area contributed by atoms with E-state index in [4.69, 9.17) is 4.74 Å². The van der Waals surface area contributed by atoms with Gasteiger partial charge in [-0.25, -0.2) is 0 Å². The van der Waals surface area contributed by atoms with E-state index in [2.05, 4.69) is 48.3 Å². The molecule has 1 aliphatic heterocycles. The lowest BCUT2D eigenvalue weighted by atomic mass is 10.1. The number of aryl methyl sites for hydroxylation is 2. The number of rotatable bonds is 5. The second-order valence-corrected chi connectivity index (χ2v) is 8.74. The van der Waals surface area contributed by atoms with Crippen LogP contribution < -0.4 is 5.32 Å². The van der Waals surface area contributed by atoms with Gasteiger partial charge >= 0.3 is 0 Å². The van der Waals surface area contributed by atoms with Crippen molar-refractivity contribution in [3.8, 4) is 0 Å². The van der Waals surface area contributed by atoms with Crippen LogP contribution in [0.25, 0.3) is 0 Å². The van der Waals surface area contributed by atoms with Gasteiger partial charge in [0.05, 0.1) is 17.8 Å². The summed E-state index contributed by atoms with van der Waals surface area (Å²) in [5.41, 5.74) is 3.21. The van der Waals surface area contributed by atoms with Crippen molar-refractivity contribution >= 4 is 17.2 Å². The van der Waals surface area contributed by atoms with Gasteiger partial charge in [-0.15, -0.1) is 11.3 Å². The minimum Gasteiger partial charge on any atom is -0.373 e. The third-order valence-electron chi connectivity index (χ3n) is 4.66. The average molecular weight is 373 g/mol. The molecule has 1 saturated heterocycles. The van der Waals surface area contributed by atoms with E-state index in [1.807, 2.05) is 19.9 Å². The summed E-state index contributed by atoms with van der Waals surface area (Å²) in [6.45, 7) is 11.7. The van der Waals surface area contributed by atoms with Crippen molar-refractivity contribution in [1.29, 1.82) is 0 Å². The Labute approximate surface area is 160 Å². The fraction of sp³-hybridized carbons (Fsp3) is 0.476. The second kappa shape index (κ2) is 8.33. The Bertz CT molecular complexity index is 744. The second-order valence-electron chi connectivity index (χ2n) is 7.28. The number of carbonyl (C=O) groups is 1. The molecule has 1 amide bonds. The normalized spacial score (nSPS) is 20.9. The first kappa shape index (κ1) is 19.1. The van der Waals surface area contributed by atoms with Crippen molar-refractivity contribution in [2.24, 2.45) is 0 Å². The van der Waals surface area contributed by atoms with Crippen LogP contribution in [0.4, 0.5) is 0 Å². The first-order chi connectivity index (χ1) is 12.4. The maximum Gasteiger partial charge on any atom is 0.252 e. The van der Waals surface area contributed by atoms with Gasteiger partial charge in [-0.05, 0) is 44.9 Å². The number of benzene rings is 1. The van der Waals surface area contributed by atoms with Crippen LogP contribution in [0, 0.1) is 13.8 Å². The zero-order chi connectivity index (χ0) is 18.7. The molecule has 5 heteroatoms. The van der Waals surface area contributed by atoms with E-state index >= 15 is 0 Å². The Kier molecular flexibility index (Phi) is 6.12. The van der Waals surface area contributed by atoms with Crippen molar-refractivity contribution < 1.29 is 9.53 Å². The van der Waals surface area contributed by atoms with Crippen molar-refractivity contribution in [3.63, 3.8) is 0 Å². The van der Waals surface area contributed by atoms with E-state index in [0.717, 1.165) is 35.6 Å². The summed E-state index contributed by atoms with van der Waals surface area (Å²) in [6, 6.07) is 10.5. The van der Waals surface area contributed by atoms with Gasteiger partial charge in [0.15, 0.2) is 0 Å². The summed E-state index contributed by atoms with van der Waals surface area (Å²) in [5, 5.41) is 3.02. The number of nitrogens with zero attached hydrogens (tertiary/aromatic N) is 1. The monoisotopic (exact) mass is 372 g/mol. The summed E-state index contributed by atoms with van der Waals surface area (Å²) in [5.74, 6) is 0.00668. The zero-order valence-corrected chi connectivity index (χ0v) is 16.9. The molecule has 2 aromatic rings. The Balaban J connectivity index is 1.53. The molecule has 2 unspecified atom stereocenters. The van der Waals surface area contributed by atoms with Crippen molar-refractivity contribution in [3.05, 3.63) is 56.8 Å². The van der Waals surface area contributed by atoms with Crippen LogP contribution in [-0.2, 0) is 17.8 Å². The van der Waals surface area contributed by atoms with Gasteiger partial charge in [0, 0.05) is 35.9 Å². The number of ether oxygens (including phenoxy) is 1. The van der Waals surface area contributed by atoms with Gasteiger partial charge in [-0.1, -0.05) is 24.3 Å². The molecule has 2 atom stereocenters. The minimum absolute atomic E-state index is 0.00668. The van der Waals surface area contributed by atoms with Gasteiger partial charge in [-0.2, -0.15) is 0 Å². The van der Waals surface area contributed by atoms with Crippen molar-refractivity contribution in [2.45, 2.75) is 53.0 Å². The Morgan fingerprint density at radius 2 is 1.77 bits per heavy atom. The van der Waals surface area contributed by atoms with Gasteiger partial charge in [0.25, 0.3) is 5.91 Å². The van der Waals surface area contributed by atoms with Gasteiger partial charge in [0.1, 0.15) is 0 Å². The molecule has 1 aromatic heterocycles. The maximum atomic E-state index is 12.3. The Morgan fingerprint density at radius 3 is 2.35 bits per heavy atom. The topological polar surface area (TPSA) is 41.6 Å². The number of hydrogen-bond donors (Lipinski definition) is 1. The predicted molar refractivity (Wildman–Crippen MR) is 107 cm³/mol. The average Bonchev–Trinajstić information content (AvgIpc) is 2.91. The highest BCUT2D eigenvalue weighted by atomic mass is 32.1.